The van der Waals surface area contributed by atoms with Gasteiger partial charge in [-0.15, -0.1) is 11.6 Å². The molecule has 0 aliphatic carbocycles. The highest BCUT2D eigenvalue weighted by molar-refractivity contribution is 6.17. The maximum absolute atomic E-state index is 10.9. The molecule has 4 nitrogen and oxygen atoms in total. The number of hydrogen-bond acceptors (Lipinski definition) is 3. The molecule has 5 heteroatoms. The van der Waals surface area contributed by atoms with Crippen molar-refractivity contribution in [3.8, 4) is 5.75 Å². The van der Waals surface area contributed by atoms with Crippen molar-refractivity contribution < 1.29 is 9.66 Å². The van der Waals surface area contributed by atoms with Crippen LogP contribution >= 0.6 is 11.6 Å². The van der Waals surface area contributed by atoms with Crippen molar-refractivity contribution in [2.24, 2.45) is 5.92 Å². The molecule has 1 aromatic carbocycles. The predicted molar refractivity (Wildman–Crippen MR) is 72.4 cm³/mol. The zero-order valence-electron chi connectivity index (χ0n) is 10.7. The van der Waals surface area contributed by atoms with Gasteiger partial charge in [-0.05, 0) is 37.3 Å². The smallest absolute Gasteiger partial charge is 0.311 e. The molecule has 0 heterocycles. The molecular formula is C13H18ClNO3. The Kier molecular flexibility index (Phi) is 5.92. The molecule has 0 saturated carbocycles. The van der Waals surface area contributed by atoms with Gasteiger partial charge in [0.2, 0.25) is 0 Å². The highest BCUT2D eigenvalue weighted by atomic mass is 35.5. The van der Waals surface area contributed by atoms with Crippen LogP contribution in [-0.4, -0.2) is 17.4 Å². The second-order valence-corrected chi connectivity index (χ2v) is 4.83. The van der Waals surface area contributed by atoms with E-state index in [2.05, 4.69) is 6.92 Å². The number of alkyl halides is 1. The Labute approximate surface area is 112 Å². The molecule has 0 amide bonds. The van der Waals surface area contributed by atoms with E-state index in [4.69, 9.17) is 16.3 Å². The van der Waals surface area contributed by atoms with Crippen LogP contribution in [0.4, 0.5) is 5.69 Å². The lowest BCUT2D eigenvalue weighted by molar-refractivity contribution is -0.385. The molecule has 0 bridgehead atoms. The summed E-state index contributed by atoms with van der Waals surface area (Å²) in [5, 5.41) is 10.9. The molecule has 0 spiro atoms. The number of halogens is 1. The van der Waals surface area contributed by atoms with Gasteiger partial charge in [0.15, 0.2) is 5.75 Å². The number of aryl methyl sites for hydroxylation is 1. The summed E-state index contributed by atoms with van der Waals surface area (Å²) in [6.07, 6.45) is 1.78. The standard InChI is InChI=1S/C13H18ClNO3/c1-10(5-7-14)6-8-18-13-4-3-11(2)9-12(13)15(16)17/h3-4,9-10H,5-8H2,1-2H3. The molecule has 0 saturated heterocycles. The van der Waals surface area contributed by atoms with Crippen LogP contribution in [0, 0.1) is 23.0 Å². The van der Waals surface area contributed by atoms with E-state index < -0.39 is 4.92 Å². The molecule has 1 rings (SSSR count). The third-order valence-electron chi connectivity index (χ3n) is 2.78. The second kappa shape index (κ2) is 7.21. The average Bonchev–Trinajstić information content (AvgIpc) is 2.31. The number of nitrogens with zero attached hydrogens (tertiary/aromatic N) is 1. The molecule has 0 aliphatic heterocycles. The zero-order chi connectivity index (χ0) is 13.5. The minimum atomic E-state index is -0.412. The van der Waals surface area contributed by atoms with E-state index in [1.54, 1.807) is 6.07 Å². The van der Waals surface area contributed by atoms with Crippen LogP contribution in [0.3, 0.4) is 0 Å². The van der Waals surface area contributed by atoms with Crippen molar-refractivity contribution in [1.82, 2.24) is 0 Å². The Hall–Kier alpha value is -1.29. The van der Waals surface area contributed by atoms with Crippen LogP contribution in [0.15, 0.2) is 18.2 Å². The van der Waals surface area contributed by atoms with Crippen LogP contribution in [0.5, 0.6) is 5.75 Å². The van der Waals surface area contributed by atoms with Gasteiger partial charge in [0.1, 0.15) is 0 Å². The van der Waals surface area contributed by atoms with Crippen molar-refractivity contribution in [3.05, 3.63) is 33.9 Å². The van der Waals surface area contributed by atoms with Crippen molar-refractivity contribution in [2.45, 2.75) is 26.7 Å². The summed E-state index contributed by atoms with van der Waals surface area (Å²) < 4.78 is 5.49. The van der Waals surface area contributed by atoms with E-state index in [-0.39, 0.29) is 5.69 Å². The Morgan fingerprint density at radius 3 is 2.78 bits per heavy atom. The molecule has 0 radical (unpaired) electrons. The number of nitro groups is 1. The van der Waals surface area contributed by atoms with Crippen molar-refractivity contribution in [3.63, 3.8) is 0 Å². The summed E-state index contributed by atoms with van der Waals surface area (Å²) in [4.78, 5) is 10.5. The number of nitro benzene ring substituents is 1. The van der Waals surface area contributed by atoms with Gasteiger partial charge in [-0.3, -0.25) is 10.1 Å². The fourth-order valence-electron chi connectivity index (χ4n) is 1.59. The summed E-state index contributed by atoms with van der Waals surface area (Å²) in [6.45, 7) is 4.39. The third-order valence-corrected chi connectivity index (χ3v) is 3.00. The average molecular weight is 272 g/mol. The molecule has 1 aromatic rings. The Balaban J connectivity index is 2.59. The SMILES string of the molecule is Cc1ccc(OCCC(C)CCCl)c([N+](=O)[O-])c1. The third kappa shape index (κ3) is 4.53. The minimum absolute atomic E-state index is 0.0278. The Morgan fingerprint density at radius 2 is 2.17 bits per heavy atom. The largest absolute Gasteiger partial charge is 0.487 e. The lowest BCUT2D eigenvalue weighted by Crippen LogP contribution is -2.06. The fourth-order valence-corrected chi connectivity index (χ4v) is 1.97. The van der Waals surface area contributed by atoms with Gasteiger partial charge in [0.05, 0.1) is 11.5 Å². The summed E-state index contributed by atoms with van der Waals surface area (Å²) in [5.41, 5.74) is 0.879. The zero-order valence-corrected chi connectivity index (χ0v) is 11.4. The fraction of sp³-hybridized carbons (Fsp3) is 0.538. The molecule has 0 N–H and O–H groups in total. The topological polar surface area (TPSA) is 52.4 Å². The molecule has 0 aromatic heterocycles. The maximum atomic E-state index is 10.9. The molecule has 100 valence electrons. The second-order valence-electron chi connectivity index (χ2n) is 4.45. The van der Waals surface area contributed by atoms with E-state index in [1.807, 2.05) is 13.0 Å². The van der Waals surface area contributed by atoms with Crippen LogP contribution < -0.4 is 4.74 Å². The molecule has 1 unspecified atom stereocenters. The van der Waals surface area contributed by atoms with E-state index in [0.717, 1.165) is 18.4 Å². The number of hydrogen-bond donors (Lipinski definition) is 0. The Morgan fingerprint density at radius 1 is 1.44 bits per heavy atom. The van der Waals surface area contributed by atoms with Gasteiger partial charge in [0, 0.05) is 11.9 Å². The number of benzene rings is 1. The van der Waals surface area contributed by atoms with Crippen LogP contribution in [0.25, 0.3) is 0 Å². The van der Waals surface area contributed by atoms with E-state index in [9.17, 15) is 10.1 Å². The summed E-state index contributed by atoms with van der Waals surface area (Å²) in [7, 11) is 0. The summed E-state index contributed by atoms with van der Waals surface area (Å²) in [6, 6.07) is 4.99. The number of ether oxygens (including phenoxy) is 1. The van der Waals surface area contributed by atoms with Crippen LogP contribution in [-0.2, 0) is 0 Å². The van der Waals surface area contributed by atoms with E-state index >= 15 is 0 Å². The van der Waals surface area contributed by atoms with E-state index in [1.165, 1.54) is 6.07 Å². The number of rotatable bonds is 7. The molecule has 0 aliphatic rings. The predicted octanol–water partition coefficient (Wildman–Crippen LogP) is 3.94. The van der Waals surface area contributed by atoms with E-state index in [0.29, 0.717) is 24.2 Å². The van der Waals surface area contributed by atoms with Crippen molar-refractivity contribution in [2.75, 3.05) is 12.5 Å². The van der Waals surface area contributed by atoms with Gasteiger partial charge < -0.3 is 4.74 Å². The van der Waals surface area contributed by atoms with Gasteiger partial charge >= 0.3 is 5.69 Å². The highest BCUT2D eigenvalue weighted by Gasteiger charge is 2.15. The molecule has 1 atom stereocenters. The molecule has 0 fully saturated rings. The lowest BCUT2D eigenvalue weighted by atomic mass is 10.1. The normalized spacial score (nSPS) is 12.2. The monoisotopic (exact) mass is 271 g/mol. The van der Waals surface area contributed by atoms with Gasteiger partial charge in [-0.1, -0.05) is 13.0 Å². The molecule has 18 heavy (non-hydrogen) atoms. The first-order valence-corrected chi connectivity index (χ1v) is 6.52. The first kappa shape index (κ1) is 14.8. The maximum Gasteiger partial charge on any atom is 0.311 e. The lowest BCUT2D eigenvalue weighted by Gasteiger charge is -2.11. The van der Waals surface area contributed by atoms with Crippen LogP contribution in [0.1, 0.15) is 25.3 Å². The Bertz CT molecular complexity index is 409. The first-order valence-electron chi connectivity index (χ1n) is 5.98. The van der Waals surface area contributed by atoms with Gasteiger partial charge in [0.25, 0.3) is 0 Å². The summed E-state index contributed by atoms with van der Waals surface area (Å²) >= 11 is 5.65. The molecular weight excluding hydrogens is 254 g/mol. The highest BCUT2D eigenvalue weighted by Crippen LogP contribution is 2.28. The first-order chi connectivity index (χ1) is 8.54. The van der Waals surface area contributed by atoms with Gasteiger partial charge in [-0.25, -0.2) is 0 Å². The van der Waals surface area contributed by atoms with Crippen molar-refractivity contribution >= 4 is 17.3 Å². The summed E-state index contributed by atoms with van der Waals surface area (Å²) in [5.74, 6) is 1.43. The van der Waals surface area contributed by atoms with Crippen molar-refractivity contribution in [1.29, 1.82) is 0 Å². The quantitative estimate of drug-likeness (QED) is 0.429. The van der Waals surface area contributed by atoms with Crippen LogP contribution in [0.2, 0.25) is 0 Å². The van der Waals surface area contributed by atoms with Gasteiger partial charge in [-0.2, -0.15) is 0 Å². The minimum Gasteiger partial charge on any atom is -0.487 e.